The van der Waals surface area contributed by atoms with Gasteiger partial charge in [0.25, 0.3) is 11.9 Å². The molecule has 0 radical (unpaired) electrons. The summed E-state index contributed by atoms with van der Waals surface area (Å²) in [7, 11) is 3.22. The van der Waals surface area contributed by atoms with Crippen LogP contribution in [0, 0.1) is 11.6 Å². The lowest BCUT2D eigenvalue weighted by atomic mass is 10.0. The zero-order valence-corrected chi connectivity index (χ0v) is 20.7. The number of piperidine rings is 1. The Morgan fingerprint density at radius 3 is 2.59 bits per heavy atom. The van der Waals surface area contributed by atoms with Crippen molar-refractivity contribution in [2.24, 2.45) is 0 Å². The Labute approximate surface area is 212 Å². The van der Waals surface area contributed by atoms with Gasteiger partial charge in [-0.15, -0.1) is 0 Å². The molecule has 1 aliphatic heterocycles. The van der Waals surface area contributed by atoms with Gasteiger partial charge < -0.3 is 18.9 Å². The summed E-state index contributed by atoms with van der Waals surface area (Å²) >= 11 is 0. The van der Waals surface area contributed by atoms with Crippen molar-refractivity contribution >= 4 is 22.9 Å². The van der Waals surface area contributed by atoms with Crippen molar-refractivity contribution in [3.8, 4) is 0 Å². The summed E-state index contributed by atoms with van der Waals surface area (Å²) in [5.41, 5.74) is 1.49. The van der Waals surface area contributed by atoms with E-state index in [1.54, 1.807) is 26.2 Å². The van der Waals surface area contributed by atoms with Crippen LogP contribution in [0.1, 0.15) is 65.1 Å². The van der Waals surface area contributed by atoms with E-state index < -0.39 is 11.6 Å². The number of hydrogen-bond donors (Lipinski definition) is 0. The van der Waals surface area contributed by atoms with Crippen molar-refractivity contribution in [2.75, 3.05) is 32.1 Å². The second-order valence-corrected chi connectivity index (χ2v) is 10.0. The lowest BCUT2D eigenvalue weighted by Gasteiger charge is -2.31. The molecule has 1 amide bonds. The van der Waals surface area contributed by atoms with Gasteiger partial charge >= 0.3 is 0 Å². The Morgan fingerprint density at radius 2 is 1.89 bits per heavy atom. The summed E-state index contributed by atoms with van der Waals surface area (Å²) in [6.45, 7) is 1.44. The van der Waals surface area contributed by atoms with E-state index in [0.29, 0.717) is 34.2 Å². The van der Waals surface area contributed by atoms with Crippen LogP contribution in [0.15, 0.2) is 35.2 Å². The minimum Gasteiger partial charge on any atom is -0.345 e. The summed E-state index contributed by atoms with van der Waals surface area (Å²) in [4.78, 5) is 28.8. The highest BCUT2D eigenvalue weighted by Crippen LogP contribution is 2.40. The summed E-state index contributed by atoms with van der Waals surface area (Å²) in [5, 5.41) is 4.43. The third kappa shape index (κ3) is 4.42. The van der Waals surface area contributed by atoms with Gasteiger partial charge in [0.05, 0.1) is 11.1 Å². The van der Waals surface area contributed by atoms with E-state index in [2.05, 4.69) is 25.0 Å². The van der Waals surface area contributed by atoms with Crippen LogP contribution in [-0.2, 0) is 6.42 Å². The van der Waals surface area contributed by atoms with Gasteiger partial charge in [-0.05, 0) is 48.5 Å². The highest BCUT2D eigenvalue weighted by molar-refractivity contribution is 5.94. The van der Waals surface area contributed by atoms with Gasteiger partial charge in [-0.25, -0.2) is 18.7 Å². The molecule has 0 atom stereocenters. The topological polar surface area (TPSA) is 93.2 Å². The second kappa shape index (κ2) is 9.20. The first kappa shape index (κ1) is 23.5. The van der Waals surface area contributed by atoms with E-state index in [1.165, 1.54) is 23.5 Å². The highest BCUT2D eigenvalue weighted by atomic mass is 19.1. The zero-order valence-electron chi connectivity index (χ0n) is 20.7. The van der Waals surface area contributed by atoms with E-state index in [9.17, 15) is 9.18 Å². The predicted molar refractivity (Wildman–Crippen MR) is 131 cm³/mol. The number of benzene rings is 1. The number of nitrogens with zero attached hydrogens (tertiary/aromatic N) is 7. The molecule has 2 aliphatic rings. The van der Waals surface area contributed by atoms with Crippen molar-refractivity contribution in [3.63, 3.8) is 0 Å². The van der Waals surface area contributed by atoms with Crippen molar-refractivity contribution in [2.45, 2.75) is 44.1 Å². The van der Waals surface area contributed by atoms with Crippen molar-refractivity contribution < 1.29 is 18.1 Å². The van der Waals surface area contributed by atoms with Gasteiger partial charge in [0.1, 0.15) is 17.8 Å². The molecule has 0 unspecified atom stereocenters. The maximum absolute atomic E-state index is 15.2. The first-order chi connectivity index (χ1) is 17.9. The van der Waals surface area contributed by atoms with Crippen LogP contribution in [0.2, 0.25) is 0 Å². The predicted octanol–water partition coefficient (Wildman–Crippen LogP) is 4.10. The molecule has 3 aromatic heterocycles. The molecule has 11 heteroatoms. The molecule has 4 aromatic rings. The van der Waals surface area contributed by atoms with E-state index in [4.69, 9.17) is 4.52 Å². The largest absolute Gasteiger partial charge is 0.345 e. The van der Waals surface area contributed by atoms with E-state index in [1.807, 2.05) is 4.57 Å². The molecule has 2 fully saturated rings. The molecular formula is C26H27F2N7O2. The Kier molecular flexibility index (Phi) is 5.85. The summed E-state index contributed by atoms with van der Waals surface area (Å²) in [5.74, 6) is 0.502. The number of aromatic nitrogens is 5. The van der Waals surface area contributed by atoms with Crippen LogP contribution in [0.5, 0.6) is 0 Å². The van der Waals surface area contributed by atoms with Gasteiger partial charge in [-0.2, -0.15) is 4.98 Å². The van der Waals surface area contributed by atoms with Crippen LogP contribution in [0.4, 0.5) is 14.7 Å². The van der Waals surface area contributed by atoms with Crippen LogP contribution in [0.25, 0.3) is 11.0 Å². The molecule has 9 nitrogen and oxygen atoms in total. The monoisotopic (exact) mass is 507 g/mol. The standard InChI is InChI=1S/C26H27F2N7O2/c1-33(2)25(36)17-6-5-16(19(27)11-17)12-21-22-20(28)13-35(23(22)30-14-29-21)18-7-9-34(10-8-18)26-31-24(37-32-26)15-3-4-15/h5-6,11,13-15,18H,3-4,7-10,12H2,1-2H3. The minimum absolute atomic E-state index is 0.0499. The molecule has 1 aromatic carbocycles. The molecule has 0 bridgehead atoms. The fraction of sp³-hybridized carbons (Fsp3) is 0.423. The smallest absolute Gasteiger partial charge is 0.266 e. The summed E-state index contributed by atoms with van der Waals surface area (Å²) < 4.78 is 37.3. The molecule has 4 heterocycles. The lowest BCUT2D eigenvalue weighted by molar-refractivity contribution is 0.0827. The Hall–Kier alpha value is -3.89. The quantitative estimate of drug-likeness (QED) is 0.388. The van der Waals surface area contributed by atoms with E-state index in [-0.39, 0.29) is 23.9 Å². The average Bonchev–Trinajstić information content (AvgIpc) is 3.53. The van der Waals surface area contributed by atoms with Gasteiger partial charge in [0.15, 0.2) is 5.82 Å². The SMILES string of the molecule is CN(C)C(=O)c1ccc(Cc2ncnc3c2c(F)cn3C2CCN(c3noc(C4CC4)n3)CC2)c(F)c1. The lowest BCUT2D eigenvalue weighted by Crippen LogP contribution is -2.35. The molecule has 1 aliphatic carbocycles. The maximum atomic E-state index is 15.2. The number of carbonyl (C=O) groups is 1. The van der Waals surface area contributed by atoms with Crippen molar-refractivity contribution in [3.05, 3.63) is 65.1 Å². The Balaban J connectivity index is 1.21. The molecule has 192 valence electrons. The van der Waals surface area contributed by atoms with Crippen molar-refractivity contribution in [1.82, 2.24) is 29.6 Å². The zero-order chi connectivity index (χ0) is 25.7. The number of hydrogen-bond acceptors (Lipinski definition) is 7. The Morgan fingerprint density at radius 1 is 1.11 bits per heavy atom. The summed E-state index contributed by atoms with van der Waals surface area (Å²) in [6, 6.07) is 4.39. The van der Waals surface area contributed by atoms with Crippen molar-refractivity contribution in [1.29, 1.82) is 0 Å². The summed E-state index contributed by atoms with van der Waals surface area (Å²) in [6.07, 6.45) is 6.70. The third-order valence-electron chi connectivity index (χ3n) is 7.20. The van der Waals surface area contributed by atoms with Gasteiger partial charge in [-0.1, -0.05) is 6.07 Å². The molecule has 37 heavy (non-hydrogen) atoms. The molecule has 0 spiro atoms. The molecule has 0 N–H and O–H groups in total. The Bertz CT molecular complexity index is 1470. The number of rotatable bonds is 6. The van der Waals surface area contributed by atoms with Crippen LogP contribution >= 0.6 is 0 Å². The third-order valence-corrected chi connectivity index (χ3v) is 7.20. The molecule has 6 rings (SSSR count). The van der Waals surface area contributed by atoms with Gasteiger partial charge in [-0.3, -0.25) is 4.79 Å². The maximum Gasteiger partial charge on any atom is 0.266 e. The first-order valence-electron chi connectivity index (χ1n) is 12.5. The minimum atomic E-state index is -0.530. The number of amides is 1. The first-order valence-corrected chi connectivity index (χ1v) is 12.5. The molecule has 1 saturated heterocycles. The second-order valence-electron chi connectivity index (χ2n) is 10.0. The van der Waals surface area contributed by atoms with E-state index in [0.717, 1.165) is 44.7 Å². The average molecular weight is 508 g/mol. The molecule has 1 saturated carbocycles. The number of anilines is 1. The van der Waals surface area contributed by atoms with Crippen LogP contribution in [-0.4, -0.2) is 62.7 Å². The number of carbonyl (C=O) groups excluding carboxylic acids is 1. The fourth-order valence-electron chi connectivity index (χ4n) is 4.97. The normalized spacial score (nSPS) is 16.5. The van der Waals surface area contributed by atoms with Crippen LogP contribution < -0.4 is 4.90 Å². The molecular weight excluding hydrogens is 480 g/mol. The fourth-order valence-corrected chi connectivity index (χ4v) is 4.97. The van der Waals surface area contributed by atoms with Crippen LogP contribution in [0.3, 0.4) is 0 Å². The highest BCUT2D eigenvalue weighted by Gasteiger charge is 2.32. The number of fused-ring (bicyclic) bond motifs is 1. The van der Waals surface area contributed by atoms with Gasteiger partial charge in [0.2, 0.25) is 5.89 Å². The van der Waals surface area contributed by atoms with E-state index >= 15 is 4.39 Å². The van der Waals surface area contributed by atoms with Gasteiger partial charge in [0, 0.05) is 57.3 Å². The number of halogens is 2.